The average Bonchev–Trinajstić information content (AvgIpc) is 2.41. The summed E-state index contributed by atoms with van der Waals surface area (Å²) in [6.07, 6.45) is 3.39. The van der Waals surface area contributed by atoms with Crippen LogP contribution in [0.4, 0.5) is 11.6 Å². The van der Waals surface area contributed by atoms with E-state index in [1.54, 1.807) is 0 Å². The van der Waals surface area contributed by atoms with E-state index >= 15 is 0 Å². The maximum atomic E-state index is 5.91. The molecule has 0 atom stereocenters. The minimum absolute atomic E-state index is 0.562. The summed E-state index contributed by atoms with van der Waals surface area (Å²) in [5, 5.41) is 3.33. The Labute approximate surface area is 121 Å². The maximum Gasteiger partial charge on any atom is 0.134 e. The van der Waals surface area contributed by atoms with Crippen molar-refractivity contribution >= 4 is 27.6 Å². The number of nitrogen functional groups attached to an aromatic ring is 1. The molecule has 1 heterocycles. The highest BCUT2D eigenvalue weighted by atomic mass is 79.9. The Bertz CT molecular complexity index is 557. The fourth-order valence-corrected chi connectivity index (χ4v) is 2.32. The molecule has 0 spiro atoms. The minimum atomic E-state index is 0.562. The zero-order chi connectivity index (χ0) is 13.7. The van der Waals surface area contributed by atoms with Crippen molar-refractivity contribution in [2.24, 2.45) is 0 Å². The summed E-state index contributed by atoms with van der Waals surface area (Å²) < 4.78 is 1.08. The standard InChI is InChI=1S/C14H17BrN4/c1-2-5-11-13(16)18-9-19-14(11)17-8-10-6-3-4-7-12(10)15/h3-4,6-7,9H,2,5,8H2,1H3,(H3,16,17,18,19). The molecular weight excluding hydrogens is 304 g/mol. The molecule has 100 valence electrons. The number of hydrogen-bond acceptors (Lipinski definition) is 4. The van der Waals surface area contributed by atoms with E-state index < -0.39 is 0 Å². The molecule has 2 rings (SSSR count). The van der Waals surface area contributed by atoms with Crippen LogP contribution in [0.15, 0.2) is 35.1 Å². The molecule has 4 nitrogen and oxygen atoms in total. The Morgan fingerprint density at radius 1 is 1.26 bits per heavy atom. The molecule has 2 aromatic rings. The van der Waals surface area contributed by atoms with Crippen molar-refractivity contribution in [1.82, 2.24) is 9.97 Å². The molecule has 1 aromatic carbocycles. The molecule has 0 aliphatic carbocycles. The molecule has 0 saturated heterocycles. The second-order valence-electron chi connectivity index (χ2n) is 4.28. The van der Waals surface area contributed by atoms with Crippen LogP contribution in [0.2, 0.25) is 0 Å². The van der Waals surface area contributed by atoms with Gasteiger partial charge in [-0.15, -0.1) is 0 Å². The highest BCUT2D eigenvalue weighted by molar-refractivity contribution is 9.10. The summed E-state index contributed by atoms with van der Waals surface area (Å²) in [5.74, 6) is 1.39. The smallest absolute Gasteiger partial charge is 0.134 e. The predicted molar refractivity (Wildman–Crippen MR) is 81.9 cm³/mol. The van der Waals surface area contributed by atoms with Gasteiger partial charge >= 0.3 is 0 Å². The Kier molecular flexibility index (Phi) is 4.74. The van der Waals surface area contributed by atoms with Crippen LogP contribution in [0.3, 0.4) is 0 Å². The molecule has 0 radical (unpaired) electrons. The van der Waals surface area contributed by atoms with E-state index in [9.17, 15) is 0 Å². The number of nitrogens with two attached hydrogens (primary N) is 1. The third kappa shape index (κ3) is 3.44. The van der Waals surface area contributed by atoms with Gasteiger partial charge in [-0.3, -0.25) is 0 Å². The van der Waals surface area contributed by atoms with Crippen molar-refractivity contribution in [3.63, 3.8) is 0 Å². The lowest BCUT2D eigenvalue weighted by Crippen LogP contribution is -2.08. The lowest BCUT2D eigenvalue weighted by atomic mass is 10.1. The third-order valence-electron chi connectivity index (χ3n) is 2.88. The van der Waals surface area contributed by atoms with Crippen LogP contribution in [-0.4, -0.2) is 9.97 Å². The number of anilines is 2. The van der Waals surface area contributed by atoms with Crippen molar-refractivity contribution in [1.29, 1.82) is 0 Å². The van der Waals surface area contributed by atoms with Gasteiger partial charge in [0.05, 0.1) is 0 Å². The maximum absolute atomic E-state index is 5.91. The van der Waals surface area contributed by atoms with Gasteiger partial charge in [0.1, 0.15) is 18.0 Å². The summed E-state index contributed by atoms with van der Waals surface area (Å²) in [7, 11) is 0. The van der Waals surface area contributed by atoms with Gasteiger partial charge in [-0.2, -0.15) is 0 Å². The van der Waals surface area contributed by atoms with Crippen molar-refractivity contribution in [2.45, 2.75) is 26.3 Å². The number of aromatic nitrogens is 2. The van der Waals surface area contributed by atoms with Crippen LogP contribution in [0.5, 0.6) is 0 Å². The van der Waals surface area contributed by atoms with Crippen LogP contribution in [0, 0.1) is 0 Å². The average molecular weight is 321 g/mol. The van der Waals surface area contributed by atoms with Gasteiger partial charge in [0.25, 0.3) is 0 Å². The molecule has 0 amide bonds. The van der Waals surface area contributed by atoms with Crippen molar-refractivity contribution in [3.05, 3.63) is 46.2 Å². The lowest BCUT2D eigenvalue weighted by Gasteiger charge is -2.12. The second-order valence-corrected chi connectivity index (χ2v) is 5.14. The van der Waals surface area contributed by atoms with Crippen LogP contribution in [-0.2, 0) is 13.0 Å². The van der Waals surface area contributed by atoms with Gasteiger partial charge in [-0.1, -0.05) is 47.5 Å². The Hall–Kier alpha value is -1.62. The lowest BCUT2D eigenvalue weighted by molar-refractivity contribution is 0.901. The van der Waals surface area contributed by atoms with Crippen LogP contribution < -0.4 is 11.1 Å². The monoisotopic (exact) mass is 320 g/mol. The largest absolute Gasteiger partial charge is 0.383 e. The molecular formula is C14H17BrN4. The van der Waals surface area contributed by atoms with E-state index in [0.29, 0.717) is 12.4 Å². The van der Waals surface area contributed by atoms with E-state index in [2.05, 4.69) is 44.2 Å². The van der Waals surface area contributed by atoms with Gasteiger partial charge in [-0.05, 0) is 18.1 Å². The zero-order valence-corrected chi connectivity index (χ0v) is 12.4. The van der Waals surface area contributed by atoms with Gasteiger partial charge in [-0.25, -0.2) is 9.97 Å². The Balaban J connectivity index is 2.16. The molecule has 0 aliphatic rings. The summed E-state index contributed by atoms with van der Waals surface area (Å²) in [5.41, 5.74) is 8.09. The van der Waals surface area contributed by atoms with Crippen molar-refractivity contribution < 1.29 is 0 Å². The molecule has 19 heavy (non-hydrogen) atoms. The first kappa shape index (κ1) is 13.8. The SMILES string of the molecule is CCCc1c(N)ncnc1NCc1ccccc1Br. The molecule has 0 saturated carbocycles. The number of hydrogen-bond donors (Lipinski definition) is 2. The van der Waals surface area contributed by atoms with Crippen LogP contribution in [0.25, 0.3) is 0 Å². The Morgan fingerprint density at radius 3 is 2.79 bits per heavy atom. The highest BCUT2D eigenvalue weighted by Gasteiger charge is 2.08. The first-order chi connectivity index (χ1) is 9.22. The fourth-order valence-electron chi connectivity index (χ4n) is 1.90. The van der Waals surface area contributed by atoms with E-state index in [4.69, 9.17) is 5.73 Å². The topological polar surface area (TPSA) is 63.8 Å². The quantitative estimate of drug-likeness (QED) is 0.886. The van der Waals surface area contributed by atoms with Crippen LogP contribution >= 0.6 is 15.9 Å². The molecule has 0 fully saturated rings. The van der Waals surface area contributed by atoms with E-state index in [-0.39, 0.29) is 0 Å². The fraction of sp³-hybridized carbons (Fsp3) is 0.286. The summed E-state index contributed by atoms with van der Waals surface area (Å²) in [6.45, 7) is 2.82. The molecule has 3 N–H and O–H groups in total. The van der Waals surface area contributed by atoms with E-state index in [0.717, 1.165) is 28.7 Å². The molecule has 5 heteroatoms. The van der Waals surface area contributed by atoms with E-state index in [1.807, 2.05) is 18.2 Å². The van der Waals surface area contributed by atoms with Gasteiger partial charge < -0.3 is 11.1 Å². The first-order valence-electron chi connectivity index (χ1n) is 6.29. The van der Waals surface area contributed by atoms with Gasteiger partial charge in [0, 0.05) is 16.6 Å². The number of nitrogens with one attached hydrogen (secondary N) is 1. The van der Waals surface area contributed by atoms with Crippen molar-refractivity contribution in [3.8, 4) is 0 Å². The van der Waals surface area contributed by atoms with Gasteiger partial charge in [0.2, 0.25) is 0 Å². The Morgan fingerprint density at radius 2 is 2.05 bits per heavy atom. The number of rotatable bonds is 5. The van der Waals surface area contributed by atoms with Crippen molar-refractivity contribution in [2.75, 3.05) is 11.1 Å². The summed E-state index contributed by atoms with van der Waals surface area (Å²) in [4.78, 5) is 8.33. The third-order valence-corrected chi connectivity index (χ3v) is 3.66. The summed E-state index contributed by atoms with van der Waals surface area (Å²) >= 11 is 3.54. The summed E-state index contributed by atoms with van der Waals surface area (Å²) in [6, 6.07) is 8.11. The van der Waals surface area contributed by atoms with E-state index in [1.165, 1.54) is 11.9 Å². The predicted octanol–water partition coefficient (Wildman–Crippen LogP) is 3.39. The first-order valence-corrected chi connectivity index (χ1v) is 7.08. The molecule has 0 bridgehead atoms. The normalized spacial score (nSPS) is 10.4. The molecule has 0 aliphatic heterocycles. The minimum Gasteiger partial charge on any atom is -0.383 e. The van der Waals surface area contributed by atoms with Crippen LogP contribution in [0.1, 0.15) is 24.5 Å². The zero-order valence-electron chi connectivity index (χ0n) is 10.9. The highest BCUT2D eigenvalue weighted by Crippen LogP contribution is 2.21. The van der Waals surface area contributed by atoms with Gasteiger partial charge in [0.15, 0.2) is 0 Å². The second kappa shape index (κ2) is 6.52. The molecule has 1 aromatic heterocycles. The number of benzene rings is 1. The number of nitrogens with zero attached hydrogens (tertiary/aromatic N) is 2. The number of halogens is 1. The molecule has 0 unspecified atom stereocenters.